The van der Waals surface area contributed by atoms with Crippen molar-refractivity contribution in [3.8, 4) is 0 Å². The Morgan fingerprint density at radius 1 is 1.47 bits per heavy atom. The molecular formula is C12H17N5OS. The van der Waals surface area contributed by atoms with Crippen LogP contribution in [-0.4, -0.2) is 27.4 Å². The lowest BCUT2D eigenvalue weighted by Crippen LogP contribution is -2.22. The highest BCUT2D eigenvalue weighted by atomic mass is 32.1. The van der Waals surface area contributed by atoms with Gasteiger partial charge in [0, 0.05) is 16.3 Å². The van der Waals surface area contributed by atoms with E-state index < -0.39 is 0 Å². The molecule has 1 amide bonds. The summed E-state index contributed by atoms with van der Waals surface area (Å²) in [6, 6.07) is 4.12. The van der Waals surface area contributed by atoms with Crippen LogP contribution < -0.4 is 11.1 Å². The lowest BCUT2D eigenvalue weighted by molar-refractivity contribution is 0.0946. The average molecular weight is 279 g/mol. The van der Waals surface area contributed by atoms with Gasteiger partial charge in [0.2, 0.25) is 0 Å². The van der Waals surface area contributed by atoms with E-state index in [1.807, 2.05) is 6.07 Å². The van der Waals surface area contributed by atoms with Gasteiger partial charge in [-0.2, -0.15) is 0 Å². The van der Waals surface area contributed by atoms with Crippen LogP contribution in [0.1, 0.15) is 27.2 Å². The molecule has 0 saturated heterocycles. The van der Waals surface area contributed by atoms with Gasteiger partial charge in [-0.05, 0) is 18.6 Å². The SMILES string of the molecule is CCc1ccc(CNC(=O)c2cn(CCN)nn2)s1. The van der Waals surface area contributed by atoms with Crippen molar-refractivity contribution in [3.63, 3.8) is 0 Å². The van der Waals surface area contributed by atoms with E-state index in [1.165, 1.54) is 4.88 Å². The van der Waals surface area contributed by atoms with Gasteiger partial charge in [0.15, 0.2) is 5.69 Å². The van der Waals surface area contributed by atoms with Gasteiger partial charge in [-0.15, -0.1) is 16.4 Å². The van der Waals surface area contributed by atoms with Gasteiger partial charge >= 0.3 is 0 Å². The van der Waals surface area contributed by atoms with Gasteiger partial charge < -0.3 is 11.1 Å². The van der Waals surface area contributed by atoms with Crippen molar-refractivity contribution in [2.24, 2.45) is 5.73 Å². The molecule has 0 bridgehead atoms. The predicted octanol–water partition coefficient (Wildman–Crippen LogP) is 0.791. The zero-order valence-electron chi connectivity index (χ0n) is 10.8. The van der Waals surface area contributed by atoms with Crippen LogP contribution in [0.15, 0.2) is 18.3 Å². The third-order valence-electron chi connectivity index (χ3n) is 2.62. The summed E-state index contributed by atoms with van der Waals surface area (Å²) in [5, 5.41) is 10.5. The fourth-order valence-corrected chi connectivity index (χ4v) is 2.51. The lowest BCUT2D eigenvalue weighted by Gasteiger charge is -1.99. The van der Waals surface area contributed by atoms with Crippen molar-refractivity contribution in [1.82, 2.24) is 20.3 Å². The number of hydrogen-bond donors (Lipinski definition) is 2. The number of nitrogens with one attached hydrogen (secondary N) is 1. The molecule has 3 N–H and O–H groups in total. The number of nitrogens with two attached hydrogens (primary N) is 1. The van der Waals surface area contributed by atoms with Gasteiger partial charge in [-0.25, -0.2) is 0 Å². The highest BCUT2D eigenvalue weighted by Crippen LogP contribution is 2.16. The van der Waals surface area contributed by atoms with Crippen molar-refractivity contribution in [3.05, 3.63) is 33.8 Å². The Hall–Kier alpha value is -1.73. The Bertz CT molecular complexity index is 548. The molecule has 0 aromatic carbocycles. The molecule has 0 aliphatic carbocycles. The minimum Gasteiger partial charge on any atom is -0.346 e. The highest BCUT2D eigenvalue weighted by molar-refractivity contribution is 7.11. The fraction of sp³-hybridized carbons (Fsp3) is 0.417. The minimum absolute atomic E-state index is 0.213. The smallest absolute Gasteiger partial charge is 0.273 e. The number of nitrogens with zero attached hydrogens (tertiary/aromatic N) is 3. The summed E-state index contributed by atoms with van der Waals surface area (Å²) < 4.78 is 1.56. The van der Waals surface area contributed by atoms with Crippen LogP contribution in [0.3, 0.4) is 0 Å². The largest absolute Gasteiger partial charge is 0.346 e. The quantitative estimate of drug-likeness (QED) is 0.818. The summed E-state index contributed by atoms with van der Waals surface area (Å²) >= 11 is 1.71. The van der Waals surface area contributed by atoms with Gasteiger partial charge in [-0.3, -0.25) is 9.48 Å². The van der Waals surface area contributed by atoms with Crippen molar-refractivity contribution >= 4 is 17.2 Å². The number of amides is 1. The topological polar surface area (TPSA) is 85.8 Å². The van der Waals surface area contributed by atoms with Crippen LogP contribution in [0.25, 0.3) is 0 Å². The molecule has 2 rings (SSSR count). The van der Waals surface area contributed by atoms with Crippen LogP contribution >= 0.6 is 11.3 Å². The number of aryl methyl sites for hydroxylation is 1. The normalized spacial score (nSPS) is 10.6. The van der Waals surface area contributed by atoms with E-state index >= 15 is 0 Å². The molecule has 0 radical (unpaired) electrons. The molecule has 0 spiro atoms. The molecule has 0 aliphatic rings. The lowest BCUT2D eigenvalue weighted by atomic mass is 10.3. The first-order chi connectivity index (χ1) is 9.22. The van der Waals surface area contributed by atoms with E-state index in [9.17, 15) is 4.79 Å². The Morgan fingerprint density at radius 2 is 2.26 bits per heavy atom. The third kappa shape index (κ3) is 3.62. The predicted molar refractivity (Wildman–Crippen MR) is 73.9 cm³/mol. The zero-order valence-corrected chi connectivity index (χ0v) is 11.6. The van der Waals surface area contributed by atoms with E-state index in [-0.39, 0.29) is 5.91 Å². The summed E-state index contributed by atoms with van der Waals surface area (Å²) in [5.74, 6) is -0.213. The van der Waals surface area contributed by atoms with Crippen LogP contribution in [0.5, 0.6) is 0 Å². The Kier molecular flexibility index (Phi) is 4.64. The summed E-state index contributed by atoms with van der Waals surface area (Å²) in [6.45, 7) is 3.67. The number of thiophene rings is 1. The second-order valence-corrected chi connectivity index (χ2v) is 5.31. The molecule has 0 fully saturated rings. The van der Waals surface area contributed by atoms with E-state index in [2.05, 4.69) is 28.6 Å². The fourth-order valence-electron chi connectivity index (χ4n) is 1.61. The number of carbonyl (C=O) groups excluding carboxylic acids is 1. The maximum atomic E-state index is 11.9. The number of rotatable bonds is 6. The van der Waals surface area contributed by atoms with Crippen molar-refractivity contribution in [2.45, 2.75) is 26.4 Å². The molecule has 0 atom stereocenters. The summed E-state index contributed by atoms with van der Waals surface area (Å²) in [7, 11) is 0. The molecule has 2 aromatic rings. The number of aromatic nitrogens is 3. The van der Waals surface area contributed by atoms with E-state index in [4.69, 9.17) is 5.73 Å². The Balaban J connectivity index is 1.89. The maximum absolute atomic E-state index is 11.9. The summed E-state index contributed by atoms with van der Waals surface area (Å²) in [4.78, 5) is 14.3. The molecule has 2 heterocycles. The highest BCUT2D eigenvalue weighted by Gasteiger charge is 2.10. The van der Waals surface area contributed by atoms with E-state index in [0.717, 1.165) is 11.3 Å². The van der Waals surface area contributed by atoms with Crippen LogP contribution in [0.4, 0.5) is 0 Å². The monoisotopic (exact) mass is 279 g/mol. The average Bonchev–Trinajstić information content (AvgIpc) is 3.05. The second kappa shape index (κ2) is 6.44. The van der Waals surface area contributed by atoms with Gasteiger partial charge in [0.25, 0.3) is 5.91 Å². The zero-order chi connectivity index (χ0) is 13.7. The first-order valence-electron chi connectivity index (χ1n) is 6.19. The first-order valence-corrected chi connectivity index (χ1v) is 7.00. The van der Waals surface area contributed by atoms with Crippen LogP contribution in [0, 0.1) is 0 Å². The van der Waals surface area contributed by atoms with E-state index in [1.54, 1.807) is 22.2 Å². The second-order valence-electron chi connectivity index (χ2n) is 4.06. The molecule has 7 heteroatoms. The standard InChI is InChI=1S/C12H17N5OS/c1-2-9-3-4-10(19-9)7-14-12(18)11-8-17(6-5-13)16-15-11/h3-4,8H,2,5-7,13H2,1H3,(H,14,18). The van der Waals surface area contributed by atoms with Crippen LogP contribution in [0.2, 0.25) is 0 Å². The molecule has 19 heavy (non-hydrogen) atoms. The summed E-state index contributed by atoms with van der Waals surface area (Å²) in [5.41, 5.74) is 5.73. The molecule has 0 saturated carbocycles. The molecular weight excluding hydrogens is 262 g/mol. The number of hydrogen-bond acceptors (Lipinski definition) is 5. The molecule has 0 aliphatic heterocycles. The van der Waals surface area contributed by atoms with Gasteiger partial charge in [-0.1, -0.05) is 12.1 Å². The Labute approximate surface area is 115 Å². The molecule has 102 valence electrons. The maximum Gasteiger partial charge on any atom is 0.273 e. The molecule has 0 unspecified atom stereocenters. The van der Waals surface area contributed by atoms with Gasteiger partial charge in [0.1, 0.15) is 0 Å². The van der Waals surface area contributed by atoms with E-state index in [0.29, 0.717) is 25.3 Å². The Morgan fingerprint density at radius 3 is 2.95 bits per heavy atom. The third-order valence-corrected chi connectivity index (χ3v) is 3.85. The number of carbonyl (C=O) groups is 1. The minimum atomic E-state index is -0.213. The van der Waals surface area contributed by atoms with Gasteiger partial charge in [0.05, 0.1) is 19.3 Å². The molecule has 2 aromatic heterocycles. The van der Waals surface area contributed by atoms with Crippen molar-refractivity contribution in [1.29, 1.82) is 0 Å². The molecule has 6 nitrogen and oxygen atoms in total. The van der Waals surface area contributed by atoms with Crippen LogP contribution in [-0.2, 0) is 19.5 Å². The summed E-state index contributed by atoms with van der Waals surface area (Å²) in [6.07, 6.45) is 2.63. The van der Waals surface area contributed by atoms with Crippen molar-refractivity contribution in [2.75, 3.05) is 6.54 Å². The first kappa shape index (κ1) is 13.7. The van der Waals surface area contributed by atoms with Crippen molar-refractivity contribution < 1.29 is 4.79 Å².